The van der Waals surface area contributed by atoms with Crippen molar-refractivity contribution in [3.8, 4) is 5.75 Å². The van der Waals surface area contributed by atoms with Gasteiger partial charge in [0.1, 0.15) is 5.56 Å². The number of ether oxygens (including phenoxy) is 1. The van der Waals surface area contributed by atoms with Crippen molar-refractivity contribution in [2.45, 2.75) is 38.6 Å². The Bertz CT molecular complexity index is 830. The van der Waals surface area contributed by atoms with Crippen molar-refractivity contribution in [3.63, 3.8) is 0 Å². The second kappa shape index (κ2) is 6.97. The van der Waals surface area contributed by atoms with Gasteiger partial charge in [0.05, 0.1) is 7.11 Å². The van der Waals surface area contributed by atoms with E-state index in [1.807, 2.05) is 0 Å². The van der Waals surface area contributed by atoms with Crippen LogP contribution in [0.5, 0.6) is 5.75 Å². The lowest BCUT2D eigenvalue weighted by atomic mass is 9.86. The van der Waals surface area contributed by atoms with E-state index in [0.29, 0.717) is 22.6 Å². The fraction of sp³-hybridized carbons (Fsp3) is 0.444. The number of carbonyl (C=O) groups excluding carboxylic acids is 1. The van der Waals surface area contributed by atoms with Crippen LogP contribution in [0.2, 0.25) is 0 Å². The van der Waals surface area contributed by atoms with Crippen LogP contribution in [0, 0.1) is 5.92 Å². The van der Waals surface area contributed by atoms with Gasteiger partial charge in [-0.15, -0.1) is 0 Å². The summed E-state index contributed by atoms with van der Waals surface area (Å²) in [4.78, 5) is 24.8. The summed E-state index contributed by atoms with van der Waals surface area (Å²) in [5, 5.41) is 3.63. The fourth-order valence-corrected chi connectivity index (χ4v) is 3.71. The van der Waals surface area contributed by atoms with Crippen LogP contribution in [0.25, 0.3) is 11.0 Å². The smallest absolute Gasteiger partial charge is 0.349 e. The number of amides is 1. The van der Waals surface area contributed by atoms with Crippen LogP contribution in [-0.2, 0) is 0 Å². The standard InChI is InChI=1S/C18H20BrNO4/c1-10-5-3-4-6-14(10)20-17(21)13-8-11-7-12(19)9-15(23-2)16(11)24-18(13)22/h7-10,14H,3-6H2,1-2H3,(H,20,21)/t10-,14-/m0/s1. The van der Waals surface area contributed by atoms with Crippen molar-refractivity contribution in [2.75, 3.05) is 7.11 Å². The minimum atomic E-state index is -0.649. The van der Waals surface area contributed by atoms with Crippen LogP contribution in [-0.4, -0.2) is 19.1 Å². The summed E-state index contributed by atoms with van der Waals surface area (Å²) in [6.07, 6.45) is 4.35. The summed E-state index contributed by atoms with van der Waals surface area (Å²) in [6.45, 7) is 2.13. The molecule has 2 aromatic rings. The second-order valence-corrected chi connectivity index (χ2v) is 7.23. The molecular formula is C18H20BrNO4. The van der Waals surface area contributed by atoms with Crippen molar-refractivity contribution >= 4 is 32.8 Å². The molecule has 1 amide bonds. The first-order chi connectivity index (χ1) is 11.5. The zero-order valence-corrected chi connectivity index (χ0v) is 15.3. The number of hydrogen-bond donors (Lipinski definition) is 1. The van der Waals surface area contributed by atoms with Gasteiger partial charge in [0.25, 0.3) is 5.91 Å². The molecule has 24 heavy (non-hydrogen) atoms. The molecule has 0 bridgehead atoms. The first-order valence-electron chi connectivity index (χ1n) is 8.12. The number of rotatable bonds is 3. The molecule has 0 unspecified atom stereocenters. The summed E-state index contributed by atoms with van der Waals surface area (Å²) in [5.41, 5.74) is -0.280. The Morgan fingerprint density at radius 2 is 2.04 bits per heavy atom. The predicted molar refractivity (Wildman–Crippen MR) is 95.6 cm³/mol. The van der Waals surface area contributed by atoms with Crippen LogP contribution >= 0.6 is 15.9 Å². The minimum absolute atomic E-state index is 0.0282. The van der Waals surface area contributed by atoms with Crippen LogP contribution in [0.15, 0.2) is 31.9 Å². The molecule has 128 valence electrons. The molecule has 1 saturated carbocycles. The average Bonchev–Trinajstić information content (AvgIpc) is 2.56. The van der Waals surface area contributed by atoms with Crippen molar-refractivity contribution in [2.24, 2.45) is 5.92 Å². The van der Waals surface area contributed by atoms with Crippen molar-refractivity contribution in [3.05, 3.63) is 38.7 Å². The first-order valence-corrected chi connectivity index (χ1v) is 8.91. The molecule has 0 spiro atoms. The van der Waals surface area contributed by atoms with Gasteiger partial charge in [0.2, 0.25) is 0 Å². The van der Waals surface area contributed by atoms with E-state index in [2.05, 4.69) is 28.2 Å². The quantitative estimate of drug-likeness (QED) is 0.803. The molecule has 0 saturated heterocycles. The number of methoxy groups -OCH3 is 1. The maximum absolute atomic E-state index is 12.5. The molecule has 1 aliphatic rings. The molecule has 1 N–H and O–H groups in total. The van der Waals surface area contributed by atoms with E-state index in [4.69, 9.17) is 9.15 Å². The zero-order chi connectivity index (χ0) is 17.3. The van der Waals surface area contributed by atoms with Crippen LogP contribution in [0.4, 0.5) is 0 Å². The van der Waals surface area contributed by atoms with Crippen LogP contribution < -0.4 is 15.7 Å². The van der Waals surface area contributed by atoms with Gasteiger partial charge in [-0.1, -0.05) is 35.7 Å². The molecule has 1 aliphatic carbocycles. The fourth-order valence-electron chi connectivity index (χ4n) is 3.25. The van der Waals surface area contributed by atoms with Crippen molar-refractivity contribution < 1.29 is 13.9 Å². The van der Waals surface area contributed by atoms with Gasteiger partial charge in [-0.2, -0.15) is 0 Å². The second-order valence-electron chi connectivity index (χ2n) is 6.32. The lowest BCUT2D eigenvalue weighted by Gasteiger charge is -2.29. The normalized spacial score (nSPS) is 20.8. The Labute approximate surface area is 148 Å². The van der Waals surface area contributed by atoms with Crippen molar-refractivity contribution in [1.29, 1.82) is 0 Å². The summed E-state index contributed by atoms with van der Waals surface area (Å²) in [5.74, 6) is 0.497. The first kappa shape index (κ1) is 17.0. The molecule has 1 aromatic carbocycles. The maximum atomic E-state index is 12.5. The predicted octanol–water partition coefficient (Wildman–Crippen LogP) is 3.87. The van der Waals surface area contributed by atoms with E-state index < -0.39 is 5.63 Å². The topological polar surface area (TPSA) is 68.5 Å². The Morgan fingerprint density at radius 3 is 2.75 bits per heavy atom. The Kier molecular flexibility index (Phi) is 4.94. The molecule has 1 fully saturated rings. The van der Waals surface area contributed by atoms with Crippen molar-refractivity contribution in [1.82, 2.24) is 5.32 Å². The Hall–Kier alpha value is -1.82. The molecule has 2 atom stereocenters. The molecule has 1 aromatic heterocycles. The highest BCUT2D eigenvalue weighted by molar-refractivity contribution is 9.10. The number of nitrogens with one attached hydrogen (secondary N) is 1. The Morgan fingerprint density at radius 1 is 1.29 bits per heavy atom. The van der Waals surface area contributed by atoms with Crippen LogP contribution in [0.1, 0.15) is 43.0 Å². The third-order valence-corrected chi connectivity index (χ3v) is 5.11. The molecule has 1 heterocycles. The van der Waals surface area contributed by atoms with Gasteiger partial charge in [0.15, 0.2) is 11.3 Å². The SMILES string of the molecule is COc1cc(Br)cc2cc(C(=O)N[C@H]3CCCC[C@@H]3C)c(=O)oc12. The summed E-state index contributed by atoms with van der Waals surface area (Å²) >= 11 is 3.39. The number of hydrogen-bond acceptors (Lipinski definition) is 4. The monoisotopic (exact) mass is 393 g/mol. The number of halogens is 1. The van der Waals surface area contributed by atoms with E-state index in [1.54, 1.807) is 18.2 Å². The van der Waals surface area contributed by atoms with Crippen LogP contribution in [0.3, 0.4) is 0 Å². The average molecular weight is 394 g/mol. The van der Waals surface area contributed by atoms with Gasteiger partial charge in [-0.3, -0.25) is 4.79 Å². The number of carbonyl (C=O) groups is 1. The number of benzene rings is 1. The Balaban J connectivity index is 1.95. The third kappa shape index (κ3) is 3.34. The molecule has 5 nitrogen and oxygen atoms in total. The van der Waals surface area contributed by atoms with E-state index >= 15 is 0 Å². The van der Waals surface area contributed by atoms with E-state index in [0.717, 1.165) is 23.7 Å². The third-order valence-electron chi connectivity index (χ3n) is 4.66. The van der Waals surface area contributed by atoms with E-state index in [1.165, 1.54) is 13.5 Å². The lowest BCUT2D eigenvalue weighted by Crippen LogP contribution is -2.42. The van der Waals surface area contributed by atoms with Gasteiger partial charge in [0, 0.05) is 15.9 Å². The zero-order valence-electron chi connectivity index (χ0n) is 13.7. The van der Waals surface area contributed by atoms with E-state index in [9.17, 15) is 9.59 Å². The molecular weight excluding hydrogens is 374 g/mol. The minimum Gasteiger partial charge on any atom is -0.493 e. The van der Waals surface area contributed by atoms with Gasteiger partial charge in [-0.05, 0) is 37.0 Å². The molecule has 0 radical (unpaired) electrons. The highest BCUT2D eigenvalue weighted by Gasteiger charge is 2.25. The largest absolute Gasteiger partial charge is 0.493 e. The maximum Gasteiger partial charge on any atom is 0.349 e. The van der Waals surface area contributed by atoms with Gasteiger partial charge in [-0.25, -0.2) is 4.79 Å². The highest BCUT2D eigenvalue weighted by atomic mass is 79.9. The number of fused-ring (bicyclic) bond motifs is 1. The van der Waals surface area contributed by atoms with Gasteiger partial charge < -0.3 is 14.5 Å². The molecule has 0 aliphatic heterocycles. The van der Waals surface area contributed by atoms with E-state index in [-0.39, 0.29) is 17.5 Å². The summed E-state index contributed by atoms with van der Waals surface area (Å²) < 4.78 is 11.4. The summed E-state index contributed by atoms with van der Waals surface area (Å²) in [7, 11) is 1.51. The lowest BCUT2D eigenvalue weighted by molar-refractivity contribution is 0.0906. The molecule has 6 heteroatoms. The summed E-state index contributed by atoms with van der Waals surface area (Å²) in [6, 6.07) is 5.19. The van der Waals surface area contributed by atoms with Gasteiger partial charge >= 0.3 is 5.63 Å². The highest BCUT2D eigenvalue weighted by Crippen LogP contribution is 2.30. The molecule has 3 rings (SSSR count).